The van der Waals surface area contributed by atoms with Gasteiger partial charge in [-0.05, 0) is 31.7 Å². The summed E-state index contributed by atoms with van der Waals surface area (Å²) in [6.07, 6.45) is 10.7. The van der Waals surface area contributed by atoms with E-state index in [2.05, 4.69) is 30.0 Å². The van der Waals surface area contributed by atoms with Crippen LogP contribution in [0.25, 0.3) is 0 Å². The smallest absolute Gasteiger partial charge is 0.0538 e. The maximum atomic E-state index is 6.11. The van der Waals surface area contributed by atoms with E-state index in [1.807, 2.05) is 17.9 Å². The first-order valence-electron chi connectivity index (χ1n) is 8.06. The molecule has 1 heterocycles. The van der Waals surface area contributed by atoms with Gasteiger partial charge in [0.25, 0.3) is 0 Å². The van der Waals surface area contributed by atoms with Crippen LogP contribution in [0.3, 0.4) is 0 Å². The molecule has 1 aliphatic rings. The minimum atomic E-state index is 0.325. The van der Waals surface area contributed by atoms with Gasteiger partial charge in [0.05, 0.1) is 12.2 Å². The Bertz CT molecular complexity index is 393. The first kappa shape index (κ1) is 15.5. The van der Waals surface area contributed by atoms with E-state index in [-0.39, 0.29) is 0 Å². The molecular weight excluding hydrogens is 248 g/mol. The second-order valence-corrected chi connectivity index (χ2v) is 6.56. The van der Waals surface area contributed by atoms with Crippen LogP contribution in [0.1, 0.15) is 57.6 Å². The van der Waals surface area contributed by atoms with E-state index >= 15 is 0 Å². The molecule has 2 rings (SSSR count). The molecular formula is C16H30N4. The molecule has 0 aliphatic heterocycles. The number of hydrogen-bond acceptors (Lipinski definition) is 3. The molecule has 4 nitrogen and oxygen atoms in total. The van der Waals surface area contributed by atoms with E-state index < -0.39 is 0 Å². The summed E-state index contributed by atoms with van der Waals surface area (Å²) in [6.45, 7) is 6.43. The highest BCUT2D eigenvalue weighted by Gasteiger charge is 2.29. The zero-order valence-corrected chi connectivity index (χ0v) is 13.3. The van der Waals surface area contributed by atoms with E-state index in [0.717, 1.165) is 12.5 Å². The van der Waals surface area contributed by atoms with Crippen LogP contribution in [-0.4, -0.2) is 33.8 Å². The monoisotopic (exact) mass is 278 g/mol. The lowest BCUT2D eigenvalue weighted by molar-refractivity contribution is 0.131. The fraction of sp³-hybridized carbons (Fsp3) is 0.812. The Labute approximate surface area is 123 Å². The number of rotatable bonds is 7. The zero-order chi connectivity index (χ0) is 14.5. The second kappa shape index (κ2) is 7.23. The first-order valence-corrected chi connectivity index (χ1v) is 8.06. The minimum absolute atomic E-state index is 0.325. The highest BCUT2D eigenvalue weighted by molar-refractivity contribution is 5.12. The summed E-state index contributed by atoms with van der Waals surface area (Å²) >= 11 is 0. The van der Waals surface area contributed by atoms with Gasteiger partial charge in [0.15, 0.2) is 0 Å². The Morgan fingerprint density at radius 3 is 2.60 bits per heavy atom. The van der Waals surface area contributed by atoms with Crippen LogP contribution in [0.4, 0.5) is 0 Å². The van der Waals surface area contributed by atoms with E-state index in [0.29, 0.717) is 18.6 Å². The van der Waals surface area contributed by atoms with Crippen LogP contribution < -0.4 is 5.73 Å². The molecule has 1 atom stereocenters. The predicted octanol–water partition coefficient (Wildman–Crippen LogP) is 2.71. The molecule has 114 valence electrons. The van der Waals surface area contributed by atoms with Crippen molar-refractivity contribution in [2.75, 3.05) is 13.1 Å². The van der Waals surface area contributed by atoms with Crippen LogP contribution in [0.5, 0.6) is 0 Å². The summed E-state index contributed by atoms with van der Waals surface area (Å²) in [6, 6.07) is 1.04. The number of hydrogen-bond donors (Lipinski definition) is 1. The van der Waals surface area contributed by atoms with Crippen molar-refractivity contribution >= 4 is 0 Å². The Hall–Kier alpha value is -0.870. The van der Waals surface area contributed by atoms with Crippen molar-refractivity contribution in [1.82, 2.24) is 14.7 Å². The summed E-state index contributed by atoms with van der Waals surface area (Å²) in [5.74, 6) is 0.742. The number of nitrogens with two attached hydrogens (primary N) is 1. The van der Waals surface area contributed by atoms with Gasteiger partial charge in [-0.25, -0.2) is 0 Å². The maximum Gasteiger partial charge on any atom is 0.0538 e. The number of aromatic nitrogens is 2. The lowest BCUT2D eigenvalue weighted by Crippen LogP contribution is -2.41. The van der Waals surface area contributed by atoms with E-state index in [4.69, 9.17) is 5.73 Å². The quantitative estimate of drug-likeness (QED) is 0.834. The Morgan fingerprint density at radius 1 is 1.40 bits per heavy atom. The van der Waals surface area contributed by atoms with E-state index in [9.17, 15) is 0 Å². The molecule has 4 heteroatoms. The van der Waals surface area contributed by atoms with Gasteiger partial charge in [-0.2, -0.15) is 5.10 Å². The molecule has 0 saturated heterocycles. The molecule has 1 fully saturated rings. The summed E-state index contributed by atoms with van der Waals surface area (Å²) in [5, 5.41) is 4.32. The average Bonchev–Trinajstić information content (AvgIpc) is 3.05. The zero-order valence-electron chi connectivity index (χ0n) is 13.3. The van der Waals surface area contributed by atoms with Crippen molar-refractivity contribution in [3.8, 4) is 0 Å². The molecule has 0 amide bonds. The van der Waals surface area contributed by atoms with Crippen LogP contribution in [0.15, 0.2) is 12.4 Å². The summed E-state index contributed by atoms with van der Waals surface area (Å²) in [4.78, 5) is 2.66. The molecule has 2 N–H and O–H groups in total. The molecule has 1 aromatic rings. The first-order chi connectivity index (χ1) is 9.61. The second-order valence-electron chi connectivity index (χ2n) is 6.56. The third kappa shape index (κ3) is 3.83. The lowest BCUT2D eigenvalue weighted by Gasteiger charge is -2.36. The standard InChI is InChI=1S/C16H30N4/c1-13(2)8-9-20(15-6-4-5-7-15)16(10-17)14-11-18-19(3)12-14/h11-13,15-16H,4-10,17H2,1-3H3. The fourth-order valence-electron chi connectivity index (χ4n) is 3.31. The topological polar surface area (TPSA) is 47.1 Å². The van der Waals surface area contributed by atoms with Crippen molar-refractivity contribution in [3.05, 3.63) is 18.0 Å². The molecule has 0 radical (unpaired) electrons. The third-order valence-corrected chi connectivity index (χ3v) is 4.49. The molecule has 1 aliphatic carbocycles. The van der Waals surface area contributed by atoms with Gasteiger partial charge < -0.3 is 5.73 Å². The van der Waals surface area contributed by atoms with E-state index in [1.54, 1.807) is 0 Å². The lowest BCUT2D eigenvalue weighted by atomic mass is 10.0. The van der Waals surface area contributed by atoms with Crippen LogP contribution >= 0.6 is 0 Å². The van der Waals surface area contributed by atoms with Crippen molar-refractivity contribution < 1.29 is 0 Å². The van der Waals surface area contributed by atoms with Gasteiger partial charge in [-0.15, -0.1) is 0 Å². The normalized spacial score (nSPS) is 18.3. The van der Waals surface area contributed by atoms with Crippen LogP contribution in [0, 0.1) is 5.92 Å². The highest BCUT2D eigenvalue weighted by Crippen LogP contribution is 2.31. The molecule has 20 heavy (non-hydrogen) atoms. The van der Waals surface area contributed by atoms with Gasteiger partial charge in [0.2, 0.25) is 0 Å². The Morgan fingerprint density at radius 2 is 2.10 bits per heavy atom. The Kier molecular flexibility index (Phi) is 5.61. The van der Waals surface area contributed by atoms with E-state index in [1.165, 1.54) is 37.7 Å². The Balaban J connectivity index is 2.13. The predicted molar refractivity (Wildman–Crippen MR) is 83.4 cm³/mol. The van der Waals surface area contributed by atoms with Crippen molar-refractivity contribution in [3.63, 3.8) is 0 Å². The number of nitrogens with zero attached hydrogens (tertiary/aromatic N) is 3. The van der Waals surface area contributed by atoms with Crippen LogP contribution in [0.2, 0.25) is 0 Å². The maximum absolute atomic E-state index is 6.11. The van der Waals surface area contributed by atoms with Gasteiger partial charge >= 0.3 is 0 Å². The molecule has 1 saturated carbocycles. The molecule has 0 bridgehead atoms. The molecule has 0 aromatic carbocycles. The largest absolute Gasteiger partial charge is 0.329 e. The van der Waals surface area contributed by atoms with Crippen molar-refractivity contribution in [2.24, 2.45) is 18.7 Å². The van der Waals surface area contributed by atoms with Crippen molar-refractivity contribution in [1.29, 1.82) is 0 Å². The molecule has 0 spiro atoms. The number of aryl methyl sites for hydroxylation is 1. The third-order valence-electron chi connectivity index (χ3n) is 4.49. The fourth-order valence-corrected chi connectivity index (χ4v) is 3.31. The summed E-state index contributed by atoms with van der Waals surface area (Å²) < 4.78 is 1.88. The summed E-state index contributed by atoms with van der Waals surface area (Å²) in [5.41, 5.74) is 7.38. The van der Waals surface area contributed by atoms with Crippen molar-refractivity contribution in [2.45, 2.75) is 58.0 Å². The molecule has 1 aromatic heterocycles. The SMILES string of the molecule is CC(C)CCN(C1CCCC1)C(CN)c1cnn(C)c1. The van der Waals surface area contributed by atoms with Gasteiger partial charge in [0, 0.05) is 31.4 Å². The van der Waals surface area contributed by atoms with Gasteiger partial charge in [0.1, 0.15) is 0 Å². The summed E-state index contributed by atoms with van der Waals surface area (Å²) in [7, 11) is 1.98. The highest BCUT2D eigenvalue weighted by atomic mass is 15.3. The average molecular weight is 278 g/mol. The minimum Gasteiger partial charge on any atom is -0.329 e. The van der Waals surface area contributed by atoms with Gasteiger partial charge in [-0.1, -0.05) is 26.7 Å². The van der Waals surface area contributed by atoms with Gasteiger partial charge in [-0.3, -0.25) is 9.58 Å². The molecule has 1 unspecified atom stereocenters. The van der Waals surface area contributed by atoms with Crippen LogP contribution in [-0.2, 0) is 7.05 Å².